The topological polar surface area (TPSA) is 52.6 Å². The van der Waals surface area contributed by atoms with Crippen LogP contribution in [0.2, 0.25) is 0 Å². The van der Waals surface area contributed by atoms with Crippen molar-refractivity contribution >= 4 is 12.3 Å². The zero-order chi connectivity index (χ0) is 16.8. The molecular weight excluding hydrogens is 280 g/mol. The average Bonchev–Trinajstić information content (AvgIpc) is 2.39. The van der Waals surface area contributed by atoms with Gasteiger partial charge < -0.3 is 14.3 Å². The summed E-state index contributed by atoms with van der Waals surface area (Å²) in [5, 5.41) is 0. The third kappa shape index (κ3) is 6.29. The first kappa shape index (κ1) is 18.2. The summed E-state index contributed by atoms with van der Waals surface area (Å²) in [6.45, 7) is 8.87. The maximum Gasteiger partial charge on any atom is 0.350 e. The fourth-order valence-electron chi connectivity index (χ4n) is 1.85. The molecule has 0 saturated carbocycles. The van der Waals surface area contributed by atoms with Crippen molar-refractivity contribution in [1.82, 2.24) is 0 Å². The molecular formula is C18H26O4. The highest BCUT2D eigenvalue weighted by Gasteiger charge is 2.34. The van der Waals surface area contributed by atoms with Gasteiger partial charge in [-0.15, -0.1) is 0 Å². The molecule has 22 heavy (non-hydrogen) atoms. The van der Waals surface area contributed by atoms with Crippen molar-refractivity contribution in [3.63, 3.8) is 0 Å². The zero-order valence-electron chi connectivity index (χ0n) is 14.1. The molecule has 0 aliphatic heterocycles. The normalized spacial score (nSPS) is 11.9. The maximum absolute atomic E-state index is 12.1. The highest BCUT2D eigenvalue weighted by atomic mass is 16.6. The van der Waals surface area contributed by atoms with Crippen LogP contribution in [0.15, 0.2) is 24.3 Å². The summed E-state index contributed by atoms with van der Waals surface area (Å²) in [5.41, 5.74) is -0.448. The molecule has 4 nitrogen and oxygen atoms in total. The van der Waals surface area contributed by atoms with Gasteiger partial charge in [-0.1, -0.05) is 12.1 Å². The minimum atomic E-state index is -1.05. The van der Waals surface area contributed by atoms with E-state index in [0.717, 1.165) is 24.7 Å². The molecule has 1 aromatic carbocycles. The number of rotatable bonds is 7. The second-order valence-corrected chi connectivity index (χ2v) is 6.82. The maximum atomic E-state index is 12.1. The van der Waals surface area contributed by atoms with E-state index in [1.54, 1.807) is 13.8 Å². The van der Waals surface area contributed by atoms with Crippen LogP contribution >= 0.6 is 0 Å². The second-order valence-electron chi connectivity index (χ2n) is 6.82. The van der Waals surface area contributed by atoms with Crippen molar-refractivity contribution < 1.29 is 19.1 Å². The molecule has 122 valence electrons. The number of aryl methyl sites for hydroxylation is 1. The van der Waals surface area contributed by atoms with Crippen molar-refractivity contribution in [3.8, 4) is 5.75 Å². The Hall–Kier alpha value is -1.84. The highest BCUT2D eigenvalue weighted by Crippen LogP contribution is 2.22. The van der Waals surface area contributed by atoms with Crippen LogP contribution in [0, 0.1) is 0 Å². The summed E-state index contributed by atoms with van der Waals surface area (Å²) < 4.78 is 11.1. The van der Waals surface area contributed by atoms with E-state index in [2.05, 4.69) is 0 Å². The Balaban J connectivity index is 2.65. The molecule has 0 aliphatic carbocycles. The number of benzene rings is 1. The fourth-order valence-corrected chi connectivity index (χ4v) is 1.85. The lowest BCUT2D eigenvalue weighted by Gasteiger charge is -2.29. The lowest BCUT2D eigenvalue weighted by atomic mass is 10.1. The molecule has 0 spiro atoms. The smallest absolute Gasteiger partial charge is 0.350 e. The van der Waals surface area contributed by atoms with Gasteiger partial charge in [-0.05, 0) is 65.2 Å². The largest absolute Gasteiger partial charge is 0.476 e. The monoisotopic (exact) mass is 306 g/mol. The highest BCUT2D eigenvalue weighted by molar-refractivity contribution is 5.79. The SMILES string of the molecule is CC(C)(C)OC(=O)C(C)(C)Oc1ccc(CCCC=O)cc1. The Morgan fingerprint density at radius 1 is 1.09 bits per heavy atom. The third-order valence-corrected chi connectivity index (χ3v) is 2.97. The molecule has 0 atom stereocenters. The Labute approximate surface area is 132 Å². The lowest BCUT2D eigenvalue weighted by molar-refractivity contribution is -0.170. The number of hydrogen-bond acceptors (Lipinski definition) is 4. The first-order valence-corrected chi connectivity index (χ1v) is 7.59. The minimum Gasteiger partial charge on any atom is -0.476 e. The van der Waals surface area contributed by atoms with Gasteiger partial charge >= 0.3 is 5.97 Å². The lowest BCUT2D eigenvalue weighted by Crippen LogP contribution is -2.43. The van der Waals surface area contributed by atoms with E-state index in [1.807, 2.05) is 45.0 Å². The Bertz CT molecular complexity index is 495. The summed E-state index contributed by atoms with van der Waals surface area (Å²) in [7, 11) is 0. The quantitative estimate of drug-likeness (QED) is 0.438. The molecule has 0 saturated heterocycles. The molecule has 4 heteroatoms. The number of carbonyl (C=O) groups is 2. The van der Waals surface area contributed by atoms with E-state index >= 15 is 0 Å². The van der Waals surface area contributed by atoms with Crippen molar-refractivity contribution in [2.75, 3.05) is 0 Å². The second kappa shape index (κ2) is 7.43. The third-order valence-electron chi connectivity index (χ3n) is 2.97. The van der Waals surface area contributed by atoms with Gasteiger partial charge in [0.15, 0.2) is 5.60 Å². The number of unbranched alkanes of at least 4 members (excludes halogenated alkanes) is 1. The molecule has 0 unspecified atom stereocenters. The van der Waals surface area contributed by atoms with Crippen molar-refractivity contribution in [2.45, 2.75) is 65.1 Å². The van der Waals surface area contributed by atoms with Crippen LogP contribution in [-0.2, 0) is 20.7 Å². The molecule has 0 heterocycles. The number of hydrogen-bond donors (Lipinski definition) is 0. The summed E-state index contributed by atoms with van der Waals surface area (Å²) in [4.78, 5) is 22.5. The van der Waals surface area contributed by atoms with Gasteiger partial charge in [0, 0.05) is 6.42 Å². The van der Waals surface area contributed by atoms with Gasteiger partial charge in [-0.2, -0.15) is 0 Å². The number of esters is 1. The van der Waals surface area contributed by atoms with Crippen molar-refractivity contribution in [3.05, 3.63) is 29.8 Å². The van der Waals surface area contributed by atoms with Crippen LogP contribution in [0.5, 0.6) is 5.75 Å². The van der Waals surface area contributed by atoms with E-state index in [1.165, 1.54) is 0 Å². The minimum absolute atomic E-state index is 0.393. The molecule has 0 aromatic heterocycles. The zero-order valence-corrected chi connectivity index (χ0v) is 14.1. The van der Waals surface area contributed by atoms with E-state index in [9.17, 15) is 9.59 Å². The predicted octanol–water partition coefficient (Wildman–Crippen LogP) is 3.71. The van der Waals surface area contributed by atoms with Gasteiger partial charge in [0.25, 0.3) is 0 Å². The molecule has 0 radical (unpaired) electrons. The van der Waals surface area contributed by atoms with Crippen LogP contribution in [-0.4, -0.2) is 23.5 Å². The number of aldehydes is 1. The van der Waals surface area contributed by atoms with Crippen LogP contribution in [0.4, 0.5) is 0 Å². The van der Waals surface area contributed by atoms with Crippen LogP contribution in [0.3, 0.4) is 0 Å². The Kier molecular flexibility index (Phi) is 6.15. The first-order chi connectivity index (χ1) is 10.1. The van der Waals surface area contributed by atoms with Gasteiger partial charge in [-0.3, -0.25) is 0 Å². The fraction of sp³-hybridized carbons (Fsp3) is 0.556. The van der Waals surface area contributed by atoms with E-state index in [0.29, 0.717) is 12.2 Å². The van der Waals surface area contributed by atoms with Gasteiger partial charge in [-0.25, -0.2) is 4.79 Å². The van der Waals surface area contributed by atoms with Crippen molar-refractivity contribution in [1.29, 1.82) is 0 Å². The molecule has 0 aliphatic rings. The molecule has 0 bridgehead atoms. The van der Waals surface area contributed by atoms with Crippen molar-refractivity contribution in [2.24, 2.45) is 0 Å². The summed E-state index contributed by atoms with van der Waals surface area (Å²) in [6.07, 6.45) is 3.20. The van der Waals surface area contributed by atoms with Gasteiger partial charge in [0.05, 0.1) is 0 Å². The molecule has 0 amide bonds. The van der Waals surface area contributed by atoms with Gasteiger partial charge in [0.2, 0.25) is 0 Å². The standard InChI is InChI=1S/C18H26O4/c1-17(2,3)22-16(20)18(4,5)21-15-11-9-14(10-12-15)8-6-7-13-19/h9-13H,6-8H2,1-5H3. The summed E-state index contributed by atoms with van der Waals surface area (Å²) >= 11 is 0. The molecule has 1 rings (SSSR count). The first-order valence-electron chi connectivity index (χ1n) is 7.59. The van der Waals surface area contributed by atoms with E-state index in [-0.39, 0.29) is 0 Å². The van der Waals surface area contributed by atoms with Gasteiger partial charge in [0.1, 0.15) is 17.6 Å². The molecule has 0 N–H and O–H groups in total. The van der Waals surface area contributed by atoms with E-state index in [4.69, 9.17) is 9.47 Å². The molecule has 0 fully saturated rings. The summed E-state index contributed by atoms with van der Waals surface area (Å²) in [5.74, 6) is 0.227. The summed E-state index contributed by atoms with van der Waals surface area (Å²) in [6, 6.07) is 7.57. The number of carbonyl (C=O) groups excluding carboxylic acids is 2. The van der Waals surface area contributed by atoms with Crippen LogP contribution in [0.1, 0.15) is 53.0 Å². The van der Waals surface area contributed by atoms with E-state index < -0.39 is 17.2 Å². The molecule has 1 aromatic rings. The Morgan fingerprint density at radius 2 is 1.68 bits per heavy atom. The number of ether oxygens (including phenoxy) is 2. The predicted molar refractivity (Wildman–Crippen MR) is 86.0 cm³/mol. The van der Waals surface area contributed by atoms with Crippen LogP contribution < -0.4 is 4.74 Å². The Morgan fingerprint density at radius 3 is 2.18 bits per heavy atom. The van der Waals surface area contributed by atoms with Crippen LogP contribution in [0.25, 0.3) is 0 Å². The average molecular weight is 306 g/mol.